The zero-order valence-electron chi connectivity index (χ0n) is 7.80. The van der Waals surface area contributed by atoms with Crippen LogP contribution in [0.5, 0.6) is 0 Å². The minimum Gasteiger partial charge on any atom is -1.00 e. The average Bonchev–Trinajstić information content (AvgIpc) is 2.07. The molecule has 13 heavy (non-hydrogen) atoms. The standard InChI is InChI=1S/C11H13.BrH.Mg/c1-2-3-5-8-11-9-6-4-7-10-11;;/h2,4,6,9-10H,1,3,5,8H2;1H;/q-1;;+2/p-1. The van der Waals surface area contributed by atoms with Crippen molar-refractivity contribution in [3.63, 3.8) is 0 Å². The van der Waals surface area contributed by atoms with Gasteiger partial charge in [-0.05, 0) is 6.42 Å². The van der Waals surface area contributed by atoms with Crippen LogP contribution < -0.4 is 17.0 Å². The summed E-state index contributed by atoms with van der Waals surface area (Å²) in [6, 6.07) is 11.2. The molecule has 0 N–H and O–H groups in total. The second-order valence-corrected chi connectivity index (χ2v) is 2.59. The number of benzene rings is 1. The van der Waals surface area contributed by atoms with Crippen molar-refractivity contribution >= 4 is 23.1 Å². The predicted octanol–water partition coefficient (Wildman–Crippen LogP) is -0.381. The molecule has 0 amide bonds. The average molecular weight is 249 g/mol. The number of allylic oxidation sites excluding steroid dienone is 1. The maximum Gasteiger partial charge on any atom is 2.00 e. The van der Waals surface area contributed by atoms with E-state index in [-0.39, 0.29) is 40.0 Å². The van der Waals surface area contributed by atoms with E-state index in [0.29, 0.717) is 0 Å². The fourth-order valence-corrected chi connectivity index (χ4v) is 1.04. The Kier molecular flexibility index (Phi) is 12.4. The van der Waals surface area contributed by atoms with E-state index in [1.165, 1.54) is 12.0 Å². The van der Waals surface area contributed by atoms with Crippen LogP contribution in [0.15, 0.2) is 36.9 Å². The normalized spacial score (nSPS) is 8.00. The molecular formula is C11H13BrMg. The maximum absolute atomic E-state index is 3.68. The largest absolute Gasteiger partial charge is 2.00 e. The molecule has 0 spiro atoms. The van der Waals surface area contributed by atoms with E-state index in [1.54, 1.807) is 0 Å². The Hall–Kier alpha value is 0.206. The molecule has 0 atom stereocenters. The summed E-state index contributed by atoms with van der Waals surface area (Å²) in [6.45, 7) is 3.68. The summed E-state index contributed by atoms with van der Waals surface area (Å²) >= 11 is 0. The number of aryl methyl sites for hydroxylation is 1. The predicted molar refractivity (Wildman–Crippen MR) is 54.2 cm³/mol. The second kappa shape index (κ2) is 10.3. The minimum atomic E-state index is 0. The summed E-state index contributed by atoms with van der Waals surface area (Å²) in [5.74, 6) is 0. The van der Waals surface area contributed by atoms with E-state index in [2.05, 4.69) is 18.7 Å². The van der Waals surface area contributed by atoms with Crippen LogP contribution in [-0.2, 0) is 6.42 Å². The van der Waals surface area contributed by atoms with Crippen LogP contribution in [0.4, 0.5) is 0 Å². The fourth-order valence-electron chi connectivity index (χ4n) is 1.04. The Morgan fingerprint density at radius 2 is 2.23 bits per heavy atom. The Balaban J connectivity index is 0. The van der Waals surface area contributed by atoms with Crippen molar-refractivity contribution in [2.24, 2.45) is 0 Å². The maximum atomic E-state index is 3.68. The molecule has 1 aromatic rings. The van der Waals surface area contributed by atoms with Gasteiger partial charge in [0, 0.05) is 0 Å². The van der Waals surface area contributed by atoms with Crippen molar-refractivity contribution < 1.29 is 17.0 Å². The molecular weight excluding hydrogens is 236 g/mol. The molecule has 0 nitrogen and oxygen atoms in total. The first kappa shape index (κ1) is 15.7. The third kappa shape index (κ3) is 7.29. The topological polar surface area (TPSA) is 0 Å². The van der Waals surface area contributed by atoms with Gasteiger partial charge in [-0.3, -0.25) is 0 Å². The summed E-state index contributed by atoms with van der Waals surface area (Å²) in [6.07, 6.45) is 5.41. The quantitative estimate of drug-likeness (QED) is 0.295. The molecule has 66 valence electrons. The zero-order chi connectivity index (χ0) is 7.94. The van der Waals surface area contributed by atoms with Crippen molar-refractivity contribution in [2.75, 3.05) is 0 Å². The van der Waals surface area contributed by atoms with Crippen LogP contribution in [-0.4, -0.2) is 23.1 Å². The Bertz CT molecular complexity index is 209. The van der Waals surface area contributed by atoms with E-state index in [0.717, 1.165) is 12.8 Å². The summed E-state index contributed by atoms with van der Waals surface area (Å²) in [4.78, 5) is 0. The Labute approximate surface area is 107 Å². The van der Waals surface area contributed by atoms with E-state index in [1.807, 2.05) is 24.3 Å². The number of unbranched alkanes of at least 4 members (excludes halogenated alkanes) is 1. The summed E-state index contributed by atoms with van der Waals surface area (Å²) in [5.41, 5.74) is 1.37. The second-order valence-electron chi connectivity index (χ2n) is 2.59. The fraction of sp³-hybridized carbons (Fsp3) is 0.273. The first-order valence-corrected chi connectivity index (χ1v) is 3.99. The van der Waals surface area contributed by atoms with Gasteiger partial charge in [-0.25, -0.2) is 0 Å². The van der Waals surface area contributed by atoms with Gasteiger partial charge in [0.05, 0.1) is 0 Å². The minimum absolute atomic E-state index is 0. The summed E-state index contributed by atoms with van der Waals surface area (Å²) in [7, 11) is 0. The smallest absolute Gasteiger partial charge is 1.00 e. The molecule has 0 fully saturated rings. The number of hydrogen-bond acceptors (Lipinski definition) is 0. The SMILES string of the molecule is C=CCCCc1c[c-]ccc1.[Br-].[Mg+2]. The van der Waals surface area contributed by atoms with Crippen LogP contribution in [0.25, 0.3) is 0 Å². The van der Waals surface area contributed by atoms with Crippen LogP contribution in [0.3, 0.4) is 0 Å². The van der Waals surface area contributed by atoms with Crippen LogP contribution in [0.1, 0.15) is 18.4 Å². The third-order valence-electron chi connectivity index (χ3n) is 1.65. The molecule has 0 aliphatic rings. The van der Waals surface area contributed by atoms with Gasteiger partial charge in [-0.1, -0.05) is 18.9 Å². The number of hydrogen-bond donors (Lipinski definition) is 0. The van der Waals surface area contributed by atoms with E-state index in [4.69, 9.17) is 0 Å². The van der Waals surface area contributed by atoms with Crippen molar-refractivity contribution in [2.45, 2.75) is 19.3 Å². The Morgan fingerprint density at radius 3 is 2.77 bits per heavy atom. The van der Waals surface area contributed by atoms with Crippen LogP contribution in [0, 0.1) is 6.07 Å². The third-order valence-corrected chi connectivity index (χ3v) is 1.65. The molecule has 0 saturated heterocycles. The molecule has 0 aliphatic heterocycles. The van der Waals surface area contributed by atoms with Crippen molar-refractivity contribution in [1.82, 2.24) is 0 Å². The molecule has 0 aromatic heterocycles. The summed E-state index contributed by atoms with van der Waals surface area (Å²) < 4.78 is 0. The number of halogens is 1. The van der Waals surface area contributed by atoms with Crippen LogP contribution >= 0.6 is 0 Å². The van der Waals surface area contributed by atoms with Gasteiger partial charge in [-0.15, -0.1) is 6.58 Å². The number of rotatable bonds is 4. The van der Waals surface area contributed by atoms with Gasteiger partial charge in [-0.2, -0.15) is 35.9 Å². The molecule has 2 heteroatoms. The zero-order valence-corrected chi connectivity index (χ0v) is 10.8. The van der Waals surface area contributed by atoms with Gasteiger partial charge in [0.15, 0.2) is 0 Å². The van der Waals surface area contributed by atoms with Gasteiger partial charge >= 0.3 is 23.1 Å². The molecule has 0 bridgehead atoms. The molecule has 0 radical (unpaired) electrons. The first-order chi connectivity index (χ1) is 5.43. The van der Waals surface area contributed by atoms with Gasteiger partial charge in [0.2, 0.25) is 0 Å². The van der Waals surface area contributed by atoms with Crippen molar-refractivity contribution in [3.05, 3.63) is 48.6 Å². The van der Waals surface area contributed by atoms with Gasteiger partial charge in [0.1, 0.15) is 0 Å². The van der Waals surface area contributed by atoms with Crippen molar-refractivity contribution in [3.8, 4) is 0 Å². The molecule has 0 heterocycles. The van der Waals surface area contributed by atoms with E-state index >= 15 is 0 Å². The molecule has 0 saturated carbocycles. The van der Waals surface area contributed by atoms with E-state index < -0.39 is 0 Å². The first-order valence-electron chi connectivity index (χ1n) is 3.99. The molecule has 1 aromatic carbocycles. The Morgan fingerprint density at radius 1 is 1.46 bits per heavy atom. The van der Waals surface area contributed by atoms with Gasteiger partial charge in [0.25, 0.3) is 0 Å². The monoisotopic (exact) mass is 248 g/mol. The summed E-state index contributed by atoms with van der Waals surface area (Å²) in [5, 5.41) is 0. The van der Waals surface area contributed by atoms with E-state index in [9.17, 15) is 0 Å². The molecule has 1 rings (SSSR count). The molecule has 0 aliphatic carbocycles. The van der Waals surface area contributed by atoms with Crippen LogP contribution in [0.2, 0.25) is 0 Å². The van der Waals surface area contributed by atoms with Gasteiger partial charge < -0.3 is 17.0 Å². The molecule has 0 unspecified atom stereocenters. The van der Waals surface area contributed by atoms with Crippen molar-refractivity contribution in [1.29, 1.82) is 0 Å².